The van der Waals surface area contributed by atoms with Crippen molar-refractivity contribution in [2.45, 2.75) is 5.41 Å². The molecule has 3 nitrogen and oxygen atoms in total. The van der Waals surface area contributed by atoms with Crippen LogP contribution in [0.3, 0.4) is 0 Å². The van der Waals surface area contributed by atoms with Gasteiger partial charge in [-0.15, -0.1) is 0 Å². The predicted molar refractivity (Wildman–Crippen MR) is 258 cm³/mol. The van der Waals surface area contributed by atoms with Crippen LogP contribution in [0, 0.1) is 0 Å². The van der Waals surface area contributed by atoms with Crippen LogP contribution in [0.4, 0.5) is 17.1 Å². The highest BCUT2D eigenvalue weighted by molar-refractivity contribution is 6.13. The second kappa shape index (κ2) is 13.4. The van der Waals surface area contributed by atoms with E-state index >= 15 is 0 Å². The molecule has 0 saturated carbocycles. The first kappa shape index (κ1) is 34.7. The molecule has 0 saturated heterocycles. The molecule has 12 aromatic rings. The number of hydrogen-bond donors (Lipinski definition) is 0. The Balaban J connectivity index is 1.12. The Morgan fingerprint density at radius 2 is 0.968 bits per heavy atom. The van der Waals surface area contributed by atoms with Crippen molar-refractivity contribution in [3.05, 3.63) is 253 Å². The van der Waals surface area contributed by atoms with Crippen LogP contribution in [0.2, 0.25) is 0 Å². The van der Waals surface area contributed by atoms with Gasteiger partial charge in [-0.25, -0.2) is 0 Å². The van der Waals surface area contributed by atoms with Crippen LogP contribution in [0.25, 0.3) is 71.3 Å². The van der Waals surface area contributed by atoms with Crippen LogP contribution in [-0.2, 0) is 5.41 Å². The quantitative estimate of drug-likeness (QED) is 0.167. The van der Waals surface area contributed by atoms with Gasteiger partial charge in [0.2, 0.25) is 0 Å². The number of rotatable bonds is 6. The molecule has 62 heavy (non-hydrogen) atoms. The lowest BCUT2D eigenvalue weighted by atomic mass is 9.67. The standard InChI is InChI=1S/C59H38N2O/c1-4-19-41(20-5-1)59(42-21-6-2-7-22-42)52-36-40-18-11-10-17-39(40)35-50(52)46-33-31-45(38-53(46)59)60(56-29-16-27-49-48-26-13-15-30-57(48)62-58(49)56)44-32-34-55-51(37-44)47-25-12-14-28-54(47)61(55)43-23-8-3-9-24-43/h1-38H. The van der Waals surface area contributed by atoms with Crippen molar-refractivity contribution in [2.75, 3.05) is 4.90 Å². The Hall–Kier alpha value is -8.14. The van der Waals surface area contributed by atoms with Crippen LogP contribution in [0.15, 0.2) is 235 Å². The summed E-state index contributed by atoms with van der Waals surface area (Å²) in [7, 11) is 0. The molecule has 3 heteroatoms. The highest BCUT2D eigenvalue weighted by Gasteiger charge is 2.46. The third kappa shape index (κ3) is 4.94. The lowest BCUT2D eigenvalue weighted by Gasteiger charge is -2.35. The Kier molecular flexibility index (Phi) is 7.52. The first-order valence-corrected chi connectivity index (χ1v) is 21.3. The molecule has 0 spiro atoms. The van der Waals surface area contributed by atoms with Crippen LogP contribution in [0.1, 0.15) is 22.3 Å². The zero-order valence-corrected chi connectivity index (χ0v) is 33.7. The molecule has 2 heterocycles. The minimum atomic E-state index is -0.586. The van der Waals surface area contributed by atoms with E-state index in [0.717, 1.165) is 50.2 Å². The minimum Gasteiger partial charge on any atom is -0.454 e. The topological polar surface area (TPSA) is 21.3 Å². The van der Waals surface area contributed by atoms with E-state index < -0.39 is 5.41 Å². The maximum absolute atomic E-state index is 6.85. The smallest absolute Gasteiger partial charge is 0.159 e. The lowest BCUT2D eigenvalue weighted by molar-refractivity contribution is 0.669. The van der Waals surface area contributed by atoms with Crippen LogP contribution >= 0.6 is 0 Å². The summed E-state index contributed by atoms with van der Waals surface area (Å²) in [5, 5.41) is 7.06. The number of para-hydroxylation sites is 4. The van der Waals surface area contributed by atoms with Crippen molar-refractivity contribution in [2.24, 2.45) is 0 Å². The summed E-state index contributed by atoms with van der Waals surface area (Å²) < 4.78 is 9.23. The maximum Gasteiger partial charge on any atom is 0.159 e. The number of aromatic nitrogens is 1. The van der Waals surface area contributed by atoms with Crippen molar-refractivity contribution < 1.29 is 4.42 Å². The Morgan fingerprint density at radius 1 is 0.387 bits per heavy atom. The molecule has 0 bridgehead atoms. The van der Waals surface area contributed by atoms with Gasteiger partial charge in [0.25, 0.3) is 0 Å². The molecule has 290 valence electrons. The first-order valence-electron chi connectivity index (χ1n) is 21.3. The van der Waals surface area contributed by atoms with Gasteiger partial charge in [0.15, 0.2) is 5.58 Å². The number of hydrogen-bond acceptors (Lipinski definition) is 2. The van der Waals surface area contributed by atoms with E-state index in [1.54, 1.807) is 0 Å². The molecule has 1 aliphatic rings. The Bertz CT molecular complexity index is 3660. The molecular formula is C59H38N2O. The number of anilines is 3. The molecule has 0 aliphatic heterocycles. The molecule has 0 unspecified atom stereocenters. The van der Waals surface area contributed by atoms with Gasteiger partial charge < -0.3 is 13.9 Å². The average Bonchev–Trinajstić information content (AvgIpc) is 3.98. The van der Waals surface area contributed by atoms with Gasteiger partial charge in [-0.3, -0.25) is 0 Å². The summed E-state index contributed by atoms with van der Waals surface area (Å²) in [4.78, 5) is 2.42. The van der Waals surface area contributed by atoms with E-state index in [2.05, 4.69) is 234 Å². The largest absolute Gasteiger partial charge is 0.454 e. The van der Waals surface area contributed by atoms with Crippen LogP contribution in [-0.4, -0.2) is 4.57 Å². The number of fused-ring (bicyclic) bond motifs is 10. The fourth-order valence-corrected chi connectivity index (χ4v) is 10.6. The number of benzene rings is 10. The van der Waals surface area contributed by atoms with Gasteiger partial charge in [0.1, 0.15) is 5.58 Å². The van der Waals surface area contributed by atoms with Gasteiger partial charge >= 0.3 is 0 Å². The van der Waals surface area contributed by atoms with Gasteiger partial charge in [-0.1, -0.05) is 158 Å². The summed E-state index contributed by atoms with van der Waals surface area (Å²) in [6, 6.07) is 84.2. The molecule has 0 radical (unpaired) electrons. The average molecular weight is 791 g/mol. The zero-order chi connectivity index (χ0) is 40.8. The molecule has 0 fully saturated rings. The highest BCUT2D eigenvalue weighted by atomic mass is 16.3. The van der Waals surface area contributed by atoms with Crippen LogP contribution in [0.5, 0.6) is 0 Å². The fourth-order valence-electron chi connectivity index (χ4n) is 10.6. The Labute approximate surface area is 359 Å². The second-order valence-corrected chi connectivity index (χ2v) is 16.4. The SMILES string of the molecule is c1ccc(-n2c3ccccc3c3cc(N(c4ccc5c(c4)C(c4ccccc4)(c4ccccc4)c4cc6ccccc6cc4-5)c4cccc5c4oc4ccccc45)ccc32)cc1. The van der Waals surface area contributed by atoms with E-state index in [9.17, 15) is 0 Å². The molecule has 0 atom stereocenters. The van der Waals surface area contributed by atoms with E-state index in [1.165, 1.54) is 60.4 Å². The van der Waals surface area contributed by atoms with E-state index in [1.807, 2.05) is 6.07 Å². The number of nitrogens with zero attached hydrogens (tertiary/aromatic N) is 2. The first-order chi connectivity index (χ1) is 30.8. The van der Waals surface area contributed by atoms with Crippen molar-refractivity contribution in [3.8, 4) is 16.8 Å². The van der Waals surface area contributed by atoms with Gasteiger partial charge in [-0.2, -0.15) is 0 Å². The normalized spacial score (nSPS) is 13.0. The molecule has 13 rings (SSSR count). The monoisotopic (exact) mass is 790 g/mol. The maximum atomic E-state index is 6.85. The molecule has 1 aliphatic carbocycles. The Morgan fingerprint density at radius 3 is 1.74 bits per heavy atom. The second-order valence-electron chi connectivity index (χ2n) is 16.4. The molecular weight excluding hydrogens is 753 g/mol. The van der Waals surface area contributed by atoms with Gasteiger partial charge in [0.05, 0.1) is 22.1 Å². The molecule has 0 amide bonds. The predicted octanol–water partition coefficient (Wildman–Crippen LogP) is 15.7. The third-order valence-electron chi connectivity index (χ3n) is 13.2. The summed E-state index contributed by atoms with van der Waals surface area (Å²) in [6.45, 7) is 0. The highest BCUT2D eigenvalue weighted by Crippen LogP contribution is 2.58. The number of furan rings is 1. The van der Waals surface area contributed by atoms with E-state index in [-0.39, 0.29) is 0 Å². The minimum absolute atomic E-state index is 0.586. The zero-order valence-electron chi connectivity index (χ0n) is 33.7. The van der Waals surface area contributed by atoms with Crippen molar-refractivity contribution in [3.63, 3.8) is 0 Å². The molecule has 10 aromatic carbocycles. The van der Waals surface area contributed by atoms with Crippen molar-refractivity contribution in [1.82, 2.24) is 4.57 Å². The summed E-state index contributed by atoms with van der Waals surface area (Å²) in [6.07, 6.45) is 0. The van der Waals surface area contributed by atoms with Gasteiger partial charge in [0, 0.05) is 38.6 Å². The van der Waals surface area contributed by atoms with Gasteiger partial charge in [-0.05, 0) is 117 Å². The summed E-state index contributed by atoms with van der Waals surface area (Å²) in [5.74, 6) is 0. The molecule has 0 N–H and O–H groups in total. The van der Waals surface area contributed by atoms with E-state index in [0.29, 0.717) is 0 Å². The lowest BCUT2D eigenvalue weighted by Crippen LogP contribution is -2.28. The summed E-state index contributed by atoms with van der Waals surface area (Å²) >= 11 is 0. The summed E-state index contributed by atoms with van der Waals surface area (Å²) in [5.41, 5.74) is 15.2. The fraction of sp³-hybridized carbons (Fsp3) is 0.0169. The van der Waals surface area contributed by atoms with E-state index in [4.69, 9.17) is 4.42 Å². The van der Waals surface area contributed by atoms with Crippen LogP contribution < -0.4 is 4.90 Å². The van der Waals surface area contributed by atoms with Crippen molar-refractivity contribution in [1.29, 1.82) is 0 Å². The molecule has 2 aromatic heterocycles. The third-order valence-corrected chi connectivity index (χ3v) is 13.2. The van der Waals surface area contributed by atoms with Crippen molar-refractivity contribution >= 4 is 71.6 Å².